The molecule has 0 spiro atoms. The van der Waals surface area contributed by atoms with Gasteiger partial charge in [-0.1, -0.05) is 0 Å². The minimum atomic E-state index is 0.503. The van der Waals surface area contributed by atoms with Gasteiger partial charge in [0.05, 0.1) is 0 Å². The predicted molar refractivity (Wildman–Crippen MR) is 75.0 cm³/mol. The van der Waals surface area contributed by atoms with Gasteiger partial charge in [0.2, 0.25) is 0 Å². The van der Waals surface area contributed by atoms with Crippen LogP contribution in [0.4, 0.5) is 0 Å². The smallest absolute Gasteiger partial charge is 0.0469 e. The van der Waals surface area contributed by atoms with Crippen molar-refractivity contribution in [2.45, 2.75) is 18.9 Å². The minimum Gasteiger partial charge on any atom is -0.381 e. The molecule has 2 aromatic rings. The Morgan fingerprint density at radius 3 is 2.88 bits per heavy atom. The molecule has 17 heavy (non-hydrogen) atoms. The molecule has 0 radical (unpaired) electrons. The van der Waals surface area contributed by atoms with Gasteiger partial charge in [0.15, 0.2) is 0 Å². The molecule has 0 saturated carbocycles. The standard InChI is InChI=1S/C13H17NOS2/c1-14-13(9-2-5-15-6-3-9)12-8-11-10(17-12)4-7-16-11/h4,7-9,13-14H,2-3,5-6H2,1H3. The molecule has 3 heterocycles. The van der Waals surface area contributed by atoms with E-state index >= 15 is 0 Å². The average Bonchev–Trinajstić information content (AvgIpc) is 2.92. The van der Waals surface area contributed by atoms with E-state index in [2.05, 4.69) is 29.9 Å². The second-order valence-electron chi connectivity index (χ2n) is 4.51. The van der Waals surface area contributed by atoms with Crippen LogP contribution in [0.25, 0.3) is 9.40 Å². The van der Waals surface area contributed by atoms with Crippen molar-refractivity contribution in [2.75, 3.05) is 20.3 Å². The zero-order valence-corrected chi connectivity index (χ0v) is 11.6. The summed E-state index contributed by atoms with van der Waals surface area (Å²) in [6, 6.07) is 5.09. The highest BCUT2D eigenvalue weighted by Gasteiger charge is 2.25. The highest BCUT2D eigenvalue weighted by molar-refractivity contribution is 7.26. The Labute approximate surface area is 110 Å². The molecule has 1 N–H and O–H groups in total. The molecule has 2 nitrogen and oxygen atoms in total. The van der Waals surface area contributed by atoms with E-state index in [4.69, 9.17) is 4.74 Å². The van der Waals surface area contributed by atoms with Crippen LogP contribution in [0, 0.1) is 5.92 Å². The predicted octanol–water partition coefficient (Wildman–Crippen LogP) is 3.65. The molecule has 1 saturated heterocycles. The molecule has 1 aliphatic rings. The van der Waals surface area contributed by atoms with Crippen molar-refractivity contribution in [3.05, 3.63) is 22.4 Å². The Kier molecular flexibility index (Phi) is 3.47. The summed E-state index contributed by atoms with van der Waals surface area (Å²) in [5, 5.41) is 5.67. The van der Waals surface area contributed by atoms with Crippen LogP contribution in [0.5, 0.6) is 0 Å². The molecule has 0 aliphatic carbocycles. The molecular weight excluding hydrogens is 250 g/mol. The fourth-order valence-corrected chi connectivity index (χ4v) is 4.92. The van der Waals surface area contributed by atoms with E-state index in [1.54, 1.807) is 0 Å². The molecule has 1 unspecified atom stereocenters. The lowest BCUT2D eigenvalue weighted by Gasteiger charge is -2.29. The lowest BCUT2D eigenvalue weighted by Crippen LogP contribution is -2.29. The fraction of sp³-hybridized carbons (Fsp3) is 0.538. The SMILES string of the molecule is CNC(c1cc2sccc2s1)C1CCOCC1. The number of ether oxygens (including phenoxy) is 1. The van der Waals surface area contributed by atoms with Crippen molar-refractivity contribution in [3.63, 3.8) is 0 Å². The molecule has 4 heteroatoms. The number of nitrogens with one attached hydrogen (secondary N) is 1. The third kappa shape index (κ3) is 2.27. The van der Waals surface area contributed by atoms with Gasteiger partial charge in [-0.05, 0) is 43.3 Å². The maximum Gasteiger partial charge on any atom is 0.0469 e. The van der Waals surface area contributed by atoms with Crippen LogP contribution in [0.15, 0.2) is 17.5 Å². The minimum absolute atomic E-state index is 0.503. The summed E-state index contributed by atoms with van der Waals surface area (Å²) >= 11 is 3.78. The van der Waals surface area contributed by atoms with Gasteiger partial charge in [0.1, 0.15) is 0 Å². The first-order chi connectivity index (χ1) is 8.38. The molecule has 0 amide bonds. The van der Waals surface area contributed by atoms with Crippen LogP contribution < -0.4 is 5.32 Å². The third-order valence-electron chi connectivity index (χ3n) is 3.51. The fourth-order valence-electron chi connectivity index (χ4n) is 2.60. The highest BCUT2D eigenvalue weighted by Crippen LogP contribution is 2.38. The Hall–Kier alpha value is -0.420. The van der Waals surface area contributed by atoms with Crippen molar-refractivity contribution < 1.29 is 4.74 Å². The number of hydrogen-bond donors (Lipinski definition) is 1. The Balaban J connectivity index is 1.86. The van der Waals surface area contributed by atoms with Crippen molar-refractivity contribution in [2.24, 2.45) is 5.92 Å². The normalized spacial score (nSPS) is 19.8. The Morgan fingerprint density at radius 2 is 2.18 bits per heavy atom. The monoisotopic (exact) mass is 267 g/mol. The van der Waals surface area contributed by atoms with E-state index < -0.39 is 0 Å². The van der Waals surface area contributed by atoms with E-state index in [1.807, 2.05) is 22.7 Å². The van der Waals surface area contributed by atoms with Crippen molar-refractivity contribution >= 4 is 32.1 Å². The van der Waals surface area contributed by atoms with Gasteiger partial charge in [-0.15, -0.1) is 22.7 Å². The summed E-state index contributed by atoms with van der Waals surface area (Å²) < 4.78 is 8.31. The Bertz CT molecular complexity index is 456. The number of fused-ring (bicyclic) bond motifs is 1. The summed E-state index contributed by atoms with van der Waals surface area (Å²) in [5.41, 5.74) is 0. The maximum atomic E-state index is 5.45. The zero-order chi connectivity index (χ0) is 11.7. The first kappa shape index (κ1) is 11.7. The van der Waals surface area contributed by atoms with Gasteiger partial charge in [0.25, 0.3) is 0 Å². The number of hydrogen-bond acceptors (Lipinski definition) is 4. The van der Waals surface area contributed by atoms with Gasteiger partial charge in [-0.3, -0.25) is 0 Å². The third-order valence-corrected chi connectivity index (χ3v) is 5.69. The van der Waals surface area contributed by atoms with Crippen LogP contribution in [-0.2, 0) is 4.74 Å². The summed E-state index contributed by atoms with van der Waals surface area (Å²) in [6.07, 6.45) is 2.36. The van der Waals surface area contributed by atoms with Crippen molar-refractivity contribution in [3.8, 4) is 0 Å². The summed E-state index contributed by atoms with van der Waals surface area (Å²) in [5.74, 6) is 0.724. The van der Waals surface area contributed by atoms with E-state index in [0.29, 0.717) is 6.04 Å². The van der Waals surface area contributed by atoms with Crippen LogP contribution >= 0.6 is 22.7 Å². The maximum absolute atomic E-state index is 5.45. The van der Waals surface area contributed by atoms with Crippen molar-refractivity contribution in [1.82, 2.24) is 5.32 Å². The number of rotatable bonds is 3. The molecule has 0 aromatic carbocycles. The van der Waals surface area contributed by atoms with Crippen LogP contribution in [0.1, 0.15) is 23.8 Å². The van der Waals surface area contributed by atoms with Crippen LogP contribution in [0.2, 0.25) is 0 Å². The Morgan fingerprint density at radius 1 is 1.35 bits per heavy atom. The van der Waals surface area contributed by atoms with E-state index in [-0.39, 0.29) is 0 Å². The van der Waals surface area contributed by atoms with E-state index in [0.717, 1.165) is 19.1 Å². The largest absolute Gasteiger partial charge is 0.381 e. The lowest BCUT2D eigenvalue weighted by atomic mass is 9.91. The molecule has 92 valence electrons. The molecule has 1 aliphatic heterocycles. The second-order valence-corrected chi connectivity index (χ2v) is 6.58. The van der Waals surface area contributed by atoms with Crippen LogP contribution in [0.3, 0.4) is 0 Å². The first-order valence-electron chi connectivity index (χ1n) is 6.10. The molecule has 1 atom stereocenters. The highest BCUT2D eigenvalue weighted by atomic mass is 32.1. The van der Waals surface area contributed by atoms with Crippen LogP contribution in [-0.4, -0.2) is 20.3 Å². The van der Waals surface area contributed by atoms with Gasteiger partial charge in [0, 0.05) is 33.5 Å². The molecule has 2 aromatic heterocycles. The zero-order valence-electron chi connectivity index (χ0n) is 9.94. The van der Waals surface area contributed by atoms with E-state index in [1.165, 1.54) is 27.1 Å². The summed E-state index contributed by atoms with van der Waals surface area (Å²) in [7, 11) is 2.08. The molecule has 3 rings (SSSR count). The molecular formula is C13H17NOS2. The molecule has 0 bridgehead atoms. The van der Waals surface area contributed by atoms with Gasteiger partial charge >= 0.3 is 0 Å². The van der Waals surface area contributed by atoms with Gasteiger partial charge in [-0.2, -0.15) is 0 Å². The van der Waals surface area contributed by atoms with E-state index in [9.17, 15) is 0 Å². The average molecular weight is 267 g/mol. The van der Waals surface area contributed by atoms with Gasteiger partial charge in [-0.25, -0.2) is 0 Å². The number of thiophene rings is 2. The summed E-state index contributed by atoms with van der Waals surface area (Å²) in [6.45, 7) is 1.84. The molecule has 1 fully saturated rings. The second kappa shape index (κ2) is 5.06. The van der Waals surface area contributed by atoms with Crippen molar-refractivity contribution in [1.29, 1.82) is 0 Å². The quantitative estimate of drug-likeness (QED) is 0.916. The first-order valence-corrected chi connectivity index (χ1v) is 7.80. The summed E-state index contributed by atoms with van der Waals surface area (Å²) in [4.78, 5) is 1.49. The van der Waals surface area contributed by atoms with Gasteiger partial charge < -0.3 is 10.1 Å². The topological polar surface area (TPSA) is 21.3 Å². The lowest BCUT2D eigenvalue weighted by molar-refractivity contribution is 0.0550.